The van der Waals surface area contributed by atoms with Gasteiger partial charge in [-0.15, -0.1) is 0 Å². The van der Waals surface area contributed by atoms with E-state index in [0.29, 0.717) is 16.3 Å². The first-order valence-corrected chi connectivity index (χ1v) is 5.48. The van der Waals surface area contributed by atoms with Gasteiger partial charge in [-0.25, -0.2) is 0 Å². The highest BCUT2D eigenvalue weighted by molar-refractivity contribution is 6.30. The Bertz CT molecular complexity index is 441. The van der Waals surface area contributed by atoms with E-state index < -0.39 is 0 Å². The van der Waals surface area contributed by atoms with Crippen molar-refractivity contribution < 1.29 is 9.53 Å². The largest absolute Gasteiger partial charge is 0.425 e. The van der Waals surface area contributed by atoms with Crippen LogP contribution in [0.25, 0.3) is 0 Å². The molecule has 0 aliphatic carbocycles. The summed E-state index contributed by atoms with van der Waals surface area (Å²) in [5.74, 6) is 6.04. The summed E-state index contributed by atoms with van der Waals surface area (Å²) >= 11 is 5.86. The fourth-order valence-corrected chi connectivity index (χ4v) is 1.30. The Balaban J connectivity index is 2.99. The molecule has 1 rings (SSSR count). The highest BCUT2D eigenvalue weighted by Crippen LogP contribution is 2.22. The van der Waals surface area contributed by atoms with Crippen molar-refractivity contribution in [2.45, 2.75) is 26.7 Å². The first-order valence-electron chi connectivity index (χ1n) is 5.10. The van der Waals surface area contributed by atoms with Gasteiger partial charge in [0.1, 0.15) is 5.75 Å². The normalized spacial score (nSPS) is 9.19. The molecule has 0 aromatic heterocycles. The van der Waals surface area contributed by atoms with Gasteiger partial charge in [0.25, 0.3) is 0 Å². The number of rotatable bonds is 2. The van der Waals surface area contributed by atoms with Crippen LogP contribution in [0.3, 0.4) is 0 Å². The molecular weight excluding hydrogens is 224 g/mol. The monoisotopic (exact) mass is 236 g/mol. The second kappa shape index (κ2) is 6.19. The van der Waals surface area contributed by atoms with Crippen molar-refractivity contribution in [1.82, 2.24) is 0 Å². The van der Waals surface area contributed by atoms with Crippen LogP contribution in [0.2, 0.25) is 5.02 Å². The summed E-state index contributed by atoms with van der Waals surface area (Å²) in [5.41, 5.74) is 0.649. The lowest BCUT2D eigenvalue weighted by atomic mass is 10.2. The van der Waals surface area contributed by atoms with Gasteiger partial charge in [-0.3, -0.25) is 4.79 Å². The SMILES string of the molecule is CCCC#Cc1cc(Cl)ccc1OC(C)=O. The summed E-state index contributed by atoms with van der Waals surface area (Å²) in [5, 5.41) is 0.580. The molecule has 0 saturated heterocycles. The third kappa shape index (κ3) is 3.96. The van der Waals surface area contributed by atoms with Crippen LogP contribution >= 0.6 is 11.6 Å². The van der Waals surface area contributed by atoms with E-state index in [2.05, 4.69) is 18.8 Å². The molecule has 0 saturated carbocycles. The molecule has 0 unspecified atom stereocenters. The summed E-state index contributed by atoms with van der Waals surface area (Å²) in [6, 6.07) is 5.02. The van der Waals surface area contributed by atoms with Crippen LogP contribution in [0.4, 0.5) is 0 Å². The maximum absolute atomic E-state index is 10.9. The number of hydrogen-bond donors (Lipinski definition) is 0. The molecule has 16 heavy (non-hydrogen) atoms. The van der Waals surface area contributed by atoms with Crippen molar-refractivity contribution >= 4 is 17.6 Å². The maximum atomic E-state index is 10.9. The summed E-state index contributed by atoms with van der Waals surface area (Å²) in [6.45, 7) is 3.41. The van der Waals surface area contributed by atoms with Crippen LogP contribution < -0.4 is 4.74 Å². The average molecular weight is 237 g/mol. The van der Waals surface area contributed by atoms with Gasteiger partial charge in [0.2, 0.25) is 0 Å². The van der Waals surface area contributed by atoms with Gasteiger partial charge in [0.15, 0.2) is 0 Å². The average Bonchev–Trinajstić information content (AvgIpc) is 2.22. The Labute approximate surface area is 101 Å². The number of hydrogen-bond acceptors (Lipinski definition) is 2. The molecule has 1 aromatic rings. The van der Waals surface area contributed by atoms with E-state index in [1.54, 1.807) is 18.2 Å². The molecule has 0 aliphatic rings. The van der Waals surface area contributed by atoms with Crippen LogP contribution in [-0.2, 0) is 4.79 Å². The molecule has 0 radical (unpaired) electrons. The number of benzene rings is 1. The van der Waals surface area contributed by atoms with E-state index in [9.17, 15) is 4.79 Å². The second-order valence-electron chi connectivity index (χ2n) is 3.29. The number of halogens is 1. The smallest absolute Gasteiger partial charge is 0.308 e. The molecular formula is C13H13ClO2. The lowest BCUT2D eigenvalue weighted by Crippen LogP contribution is -2.02. The van der Waals surface area contributed by atoms with Crippen LogP contribution in [0.5, 0.6) is 5.75 Å². The van der Waals surface area contributed by atoms with Gasteiger partial charge in [0, 0.05) is 18.4 Å². The van der Waals surface area contributed by atoms with Crippen LogP contribution in [0, 0.1) is 11.8 Å². The zero-order valence-corrected chi connectivity index (χ0v) is 10.1. The molecule has 0 spiro atoms. The van der Waals surface area contributed by atoms with Crippen molar-refractivity contribution in [2.75, 3.05) is 0 Å². The minimum Gasteiger partial charge on any atom is -0.425 e. The first-order chi connectivity index (χ1) is 7.63. The Morgan fingerprint density at radius 2 is 2.25 bits per heavy atom. The quantitative estimate of drug-likeness (QED) is 0.447. The molecule has 0 fully saturated rings. The van der Waals surface area contributed by atoms with Gasteiger partial charge in [0.05, 0.1) is 5.56 Å². The number of unbranched alkanes of at least 4 members (excludes halogenated alkanes) is 1. The Hall–Kier alpha value is -1.46. The van der Waals surface area contributed by atoms with Crippen molar-refractivity contribution in [3.63, 3.8) is 0 Å². The molecule has 2 nitrogen and oxygen atoms in total. The van der Waals surface area contributed by atoms with Gasteiger partial charge < -0.3 is 4.74 Å². The van der Waals surface area contributed by atoms with E-state index in [0.717, 1.165) is 12.8 Å². The number of carbonyl (C=O) groups is 1. The summed E-state index contributed by atoms with van der Waals surface area (Å²) in [6.07, 6.45) is 1.81. The van der Waals surface area contributed by atoms with Crippen molar-refractivity contribution in [1.29, 1.82) is 0 Å². The Morgan fingerprint density at radius 3 is 2.88 bits per heavy atom. The predicted octanol–water partition coefficient (Wildman–Crippen LogP) is 3.42. The highest BCUT2D eigenvalue weighted by atomic mass is 35.5. The Morgan fingerprint density at radius 1 is 1.50 bits per heavy atom. The molecule has 3 heteroatoms. The zero-order valence-electron chi connectivity index (χ0n) is 9.34. The molecule has 1 aromatic carbocycles. The highest BCUT2D eigenvalue weighted by Gasteiger charge is 2.04. The third-order valence-electron chi connectivity index (χ3n) is 1.79. The molecule has 0 heterocycles. The third-order valence-corrected chi connectivity index (χ3v) is 2.03. The fraction of sp³-hybridized carbons (Fsp3) is 0.308. The molecule has 0 atom stereocenters. The van der Waals surface area contributed by atoms with Crippen LogP contribution in [0.15, 0.2) is 18.2 Å². The van der Waals surface area contributed by atoms with Crippen LogP contribution in [-0.4, -0.2) is 5.97 Å². The maximum Gasteiger partial charge on any atom is 0.308 e. The van der Waals surface area contributed by atoms with Gasteiger partial charge in [-0.2, -0.15) is 0 Å². The summed E-state index contributed by atoms with van der Waals surface area (Å²) in [4.78, 5) is 10.9. The second-order valence-corrected chi connectivity index (χ2v) is 3.72. The fourth-order valence-electron chi connectivity index (χ4n) is 1.13. The van der Waals surface area contributed by atoms with E-state index in [1.807, 2.05) is 0 Å². The zero-order chi connectivity index (χ0) is 12.0. The van der Waals surface area contributed by atoms with E-state index in [1.165, 1.54) is 6.92 Å². The first kappa shape index (κ1) is 12.6. The number of esters is 1. The molecule has 0 aliphatic heterocycles. The molecule has 84 valence electrons. The van der Waals surface area contributed by atoms with Crippen LogP contribution in [0.1, 0.15) is 32.3 Å². The van der Waals surface area contributed by atoms with Crippen molar-refractivity contribution in [3.05, 3.63) is 28.8 Å². The van der Waals surface area contributed by atoms with Crippen molar-refractivity contribution in [2.24, 2.45) is 0 Å². The predicted molar refractivity (Wildman–Crippen MR) is 64.5 cm³/mol. The lowest BCUT2D eigenvalue weighted by molar-refractivity contribution is -0.131. The summed E-state index contributed by atoms with van der Waals surface area (Å²) in [7, 11) is 0. The van der Waals surface area contributed by atoms with Crippen molar-refractivity contribution in [3.8, 4) is 17.6 Å². The number of carbonyl (C=O) groups excluding carboxylic acids is 1. The topological polar surface area (TPSA) is 26.3 Å². The minimum atomic E-state index is -0.360. The van der Waals surface area contributed by atoms with Gasteiger partial charge in [-0.1, -0.05) is 30.4 Å². The number of ether oxygens (including phenoxy) is 1. The van der Waals surface area contributed by atoms with Gasteiger partial charge >= 0.3 is 5.97 Å². The lowest BCUT2D eigenvalue weighted by Gasteiger charge is -2.04. The van der Waals surface area contributed by atoms with Gasteiger partial charge in [-0.05, 0) is 24.6 Å². The molecule has 0 amide bonds. The van der Waals surface area contributed by atoms with E-state index in [-0.39, 0.29) is 5.97 Å². The standard InChI is InChI=1S/C13H13ClO2/c1-3-4-5-6-11-9-12(14)7-8-13(11)16-10(2)15/h7-9H,3-4H2,1-2H3. The molecule has 0 bridgehead atoms. The molecule has 0 N–H and O–H groups in total. The minimum absolute atomic E-state index is 0.360. The summed E-state index contributed by atoms with van der Waals surface area (Å²) < 4.78 is 5.03. The Kier molecular flexibility index (Phi) is 4.88. The van der Waals surface area contributed by atoms with E-state index >= 15 is 0 Å². The van der Waals surface area contributed by atoms with E-state index in [4.69, 9.17) is 16.3 Å².